The van der Waals surface area contributed by atoms with Crippen LogP contribution in [0, 0.1) is 34.6 Å². The predicted octanol–water partition coefficient (Wildman–Crippen LogP) is 5.51. The van der Waals surface area contributed by atoms with Gasteiger partial charge >= 0.3 is 0 Å². The predicted molar refractivity (Wildman–Crippen MR) is 107 cm³/mol. The van der Waals surface area contributed by atoms with Crippen LogP contribution >= 0.6 is 0 Å². The fourth-order valence-corrected chi connectivity index (χ4v) is 3.78. The molecule has 2 aromatic heterocycles. The van der Waals surface area contributed by atoms with Gasteiger partial charge < -0.3 is 4.74 Å². The van der Waals surface area contributed by atoms with Gasteiger partial charge in [0.25, 0.3) is 0 Å². The summed E-state index contributed by atoms with van der Waals surface area (Å²) < 4.78 is 8.23. The number of hydrogen-bond acceptors (Lipinski definition) is 3. The molecule has 0 N–H and O–H groups in total. The minimum atomic E-state index is 0.198. The Morgan fingerprint density at radius 3 is 2.15 bits per heavy atom. The summed E-state index contributed by atoms with van der Waals surface area (Å²) in [6, 6.07) is 6.44. The first-order valence-corrected chi connectivity index (χ1v) is 9.47. The third-order valence-electron chi connectivity index (χ3n) is 4.96. The van der Waals surface area contributed by atoms with E-state index in [1.54, 1.807) is 0 Å². The molecule has 0 fully saturated rings. The minimum Gasteiger partial charge on any atom is -0.486 e. The molecule has 0 bridgehead atoms. The molecule has 3 aromatic rings. The van der Waals surface area contributed by atoms with E-state index in [2.05, 4.69) is 53.7 Å². The van der Waals surface area contributed by atoms with Gasteiger partial charge in [0.2, 0.25) is 0 Å². The second-order valence-electron chi connectivity index (χ2n) is 7.26. The van der Waals surface area contributed by atoms with Crippen molar-refractivity contribution in [3.63, 3.8) is 0 Å². The second kappa shape index (κ2) is 7.10. The SMILES string of the molecule is CCC(CC)Oc1cc(C)nn2c(-c3c(C)cc(C)cc3C)c(C)nc12. The van der Waals surface area contributed by atoms with Crippen LogP contribution in [0.15, 0.2) is 18.2 Å². The second-order valence-corrected chi connectivity index (χ2v) is 7.26. The fourth-order valence-electron chi connectivity index (χ4n) is 3.78. The largest absolute Gasteiger partial charge is 0.486 e. The summed E-state index contributed by atoms with van der Waals surface area (Å²) >= 11 is 0. The van der Waals surface area contributed by atoms with E-state index in [1.165, 1.54) is 22.3 Å². The molecule has 2 heterocycles. The molecule has 4 nitrogen and oxygen atoms in total. The van der Waals surface area contributed by atoms with Crippen LogP contribution in [0.4, 0.5) is 0 Å². The van der Waals surface area contributed by atoms with Gasteiger partial charge in [-0.2, -0.15) is 5.10 Å². The van der Waals surface area contributed by atoms with E-state index in [0.717, 1.165) is 41.3 Å². The van der Waals surface area contributed by atoms with E-state index in [4.69, 9.17) is 14.8 Å². The van der Waals surface area contributed by atoms with Gasteiger partial charge in [-0.05, 0) is 58.6 Å². The summed E-state index contributed by atoms with van der Waals surface area (Å²) in [5.41, 5.74) is 8.76. The van der Waals surface area contributed by atoms with Crippen molar-refractivity contribution in [2.45, 2.75) is 67.4 Å². The third-order valence-corrected chi connectivity index (χ3v) is 4.96. The molecule has 0 saturated carbocycles. The number of fused-ring (bicyclic) bond motifs is 1. The zero-order chi connectivity index (χ0) is 19.0. The van der Waals surface area contributed by atoms with Gasteiger partial charge in [-0.25, -0.2) is 9.50 Å². The molecule has 0 spiro atoms. The molecule has 0 aliphatic heterocycles. The van der Waals surface area contributed by atoms with E-state index in [0.29, 0.717) is 0 Å². The lowest BCUT2D eigenvalue weighted by Crippen LogP contribution is -2.15. The monoisotopic (exact) mass is 351 g/mol. The van der Waals surface area contributed by atoms with Gasteiger partial charge in [-0.15, -0.1) is 0 Å². The summed E-state index contributed by atoms with van der Waals surface area (Å²) in [6.07, 6.45) is 2.16. The molecule has 26 heavy (non-hydrogen) atoms. The van der Waals surface area contributed by atoms with Crippen molar-refractivity contribution in [3.8, 4) is 17.0 Å². The third kappa shape index (κ3) is 3.20. The van der Waals surface area contributed by atoms with Crippen LogP contribution < -0.4 is 4.74 Å². The normalized spacial score (nSPS) is 11.5. The molecule has 0 aliphatic carbocycles. The van der Waals surface area contributed by atoms with Gasteiger partial charge in [0, 0.05) is 11.6 Å². The number of rotatable bonds is 5. The number of imidazole rings is 1. The van der Waals surface area contributed by atoms with E-state index >= 15 is 0 Å². The number of ether oxygens (including phenoxy) is 1. The van der Waals surface area contributed by atoms with Crippen LogP contribution in [0.3, 0.4) is 0 Å². The highest BCUT2D eigenvalue weighted by Crippen LogP contribution is 2.34. The zero-order valence-electron chi connectivity index (χ0n) is 17.0. The number of benzene rings is 1. The molecule has 3 rings (SSSR count). The maximum atomic E-state index is 6.27. The standard InChI is InChI=1S/C22H29N3O/c1-8-18(9-2)26-19-12-16(6)24-25-21(17(7)23-22(19)25)20-14(4)10-13(3)11-15(20)5/h10-12,18H,8-9H2,1-7H3. The summed E-state index contributed by atoms with van der Waals surface area (Å²) in [7, 11) is 0. The lowest BCUT2D eigenvalue weighted by molar-refractivity contribution is 0.194. The molecule has 0 saturated heterocycles. The Morgan fingerprint density at radius 1 is 0.962 bits per heavy atom. The van der Waals surface area contributed by atoms with Crippen LogP contribution in [0.1, 0.15) is 54.8 Å². The zero-order valence-corrected chi connectivity index (χ0v) is 17.0. The summed E-state index contributed by atoms with van der Waals surface area (Å²) in [5, 5.41) is 4.77. The van der Waals surface area contributed by atoms with Crippen LogP contribution in [0.25, 0.3) is 16.9 Å². The Labute approximate surface area is 156 Å². The Morgan fingerprint density at radius 2 is 1.58 bits per heavy atom. The van der Waals surface area contributed by atoms with Gasteiger partial charge in [-0.3, -0.25) is 0 Å². The van der Waals surface area contributed by atoms with Crippen LogP contribution in [0.5, 0.6) is 5.75 Å². The molecule has 138 valence electrons. The lowest BCUT2D eigenvalue weighted by atomic mass is 9.96. The highest BCUT2D eigenvalue weighted by atomic mass is 16.5. The summed E-state index contributed by atoms with van der Waals surface area (Å²) in [6.45, 7) is 14.8. The van der Waals surface area contributed by atoms with Gasteiger partial charge in [-0.1, -0.05) is 31.5 Å². The molecule has 0 unspecified atom stereocenters. The van der Waals surface area contributed by atoms with Gasteiger partial charge in [0.15, 0.2) is 11.4 Å². The first kappa shape index (κ1) is 18.4. The molecular formula is C22H29N3O. The molecule has 1 aromatic carbocycles. The van der Waals surface area contributed by atoms with Crippen LogP contribution in [-0.2, 0) is 0 Å². The van der Waals surface area contributed by atoms with Gasteiger partial charge in [0.1, 0.15) is 0 Å². The van der Waals surface area contributed by atoms with Crippen LogP contribution in [-0.4, -0.2) is 20.7 Å². The Bertz CT molecular complexity index is 929. The molecular weight excluding hydrogens is 322 g/mol. The number of aromatic nitrogens is 3. The Balaban J connectivity index is 2.26. The first-order valence-electron chi connectivity index (χ1n) is 9.47. The lowest BCUT2D eigenvalue weighted by Gasteiger charge is -2.17. The smallest absolute Gasteiger partial charge is 0.197 e. The number of hydrogen-bond donors (Lipinski definition) is 0. The average Bonchev–Trinajstić information content (AvgIpc) is 2.88. The van der Waals surface area contributed by atoms with E-state index in [1.807, 2.05) is 17.5 Å². The van der Waals surface area contributed by atoms with E-state index < -0.39 is 0 Å². The quantitative estimate of drug-likeness (QED) is 0.609. The van der Waals surface area contributed by atoms with Crippen molar-refractivity contribution < 1.29 is 4.74 Å². The summed E-state index contributed by atoms with van der Waals surface area (Å²) in [5.74, 6) is 0.822. The maximum Gasteiger partial charge on any atom is 0.197 e. The fraction of sp³-hybridized carbons (Fsp3) is 0.455. The van der Waals surface area contributed by atoms with Crippen molar-refractivity contribution in [2.24, 2.45) is 0 Å². The highest BCUT2D eigenvalue weighted by molar-refractivity contribution is 5.74. The van der Waals surface area contributed by atoms with E-state index in [9.17, 15) is 0 Å². The first-order chi connectivity index (χ1) is 12.3. The molecule has 0 radical (unpaired) electrons. The number of aryl methyl sites for hydroxylation is 5. The van der Waals surface area contributed by atoms with Crippen molar-refractivity contribution in [2.75, 3.05) is 0 Å². The summed E-state index contributed by atoms with van der Waals surface area (Å²) in [4.78, 5) is 4.83. The highest BCUT2D eigenvalue weighted by Gasteiger charge is 2.20. The minimum absolute atomic E-state index is 0.198. The molecule has 4 heteroatoms. The average molecular weight is 351 g/mol. The Hall–Kier alpha value is -2.36. The molecule has 0 amide bonds. The topological polar surface area (TPSA) is 39.4 Å². The van der Waals surface area contributed by atoms with Crippen molar-refractivity contribution in [1.82, 2.24) is 14.6 Å². The van der Waals surface area contributed by atoms with E-state index in [-0.39, 0.29) is 6.10 Å². The Kier molecular flexibility index (Phi) is 5.03. The number of nitrogens with zero attached hydrogens (tertiary/aromatic N) is 3. The van der Waals surface area contributed by atoms with Crippen molar-refractivity contribution in [1.29, 1.82) is 0 Å². The molecule has 0 aliphatic rings. The maximum absolute atomic E-state index is 6.27. The molecule has 0 atom stereocenters. The van der Waals surface area contributed by atoms with Crippen LogP contribution in [0.2, 0.25) is 0 Å². The van der Waals surface area contributed by atoms with Crippen molar-refractivity contribution >= 4 is 5.65 Å². The van der Waals surface area contributed by atoms with Crippen molar-refractivity contribution in [3.05, 3.63) is 46.3 Å². The van der Waals surface area contributed by atoms with Gasteiger partial charge in [0.05, 0.1) is 23.2 Å².